The fourth-order valence-electron chi connectivity index (χ4n) is 3.73. The Morgan fingerprint density at radius 3 is 2.48 bits per heavy atom. The number of anilines is 1. The molecule has 0 aliphatic heterocycles. The second-order valence-electron chi connectivity index (χ2n) is 7.52. The van der Waals surface area contributed by atoms with Crippen molar-refractivity contribution in [3.63, 3.8) is 0 Å². The third-order valence-corrected chi connectivity index (χ3v) is 5.46. The van der Waals surface area contributed by atoms with E-state index in [0.717, 1.165) is 11.1 Å². The average molecular weight is 417 g/mol. The molecule has 1 aliphatic rings. The number of Topliss-reactive ketones (excluding diaryl/α,β-unsaturated/α-hetero) is 1. The number of ketones is 1. The van der Waals surface area contributed by atoms with E-state index in [0.29, 0.717) is 41.2 Å². The molecule has 0 fully saturated rings. The number of aromatic nitrogens is 2. The number of hydrogen-bond donors (Lipinski definition) is 1. The van der Waals surface area contributed by atoms with Crippen molar-refractivity contribution >= 4 is 17.6 Å². The largest absolute Gasteiger partial charge is 0.493 e. The molecular formula is C24H23N3O4. The van der Waals surface area contributed by atoms with Gasteiger partial charge in [-0.25, -0.2) is 9.97 Å². The van der Waals surface area contributed by atoms with Crippen molar-refractivity contribution in [3.05, 3.63) is 76.6 Å². The number of rotatable bonds is 5. The molecule has 7 nitrogen and oxygen atoms in total. The fraction of sp³-hybridized carbons (Fsp3) is 0.250. The van der Waals surface area contributed by atoms with Crippen molar-refractivity contribution in [2.45, 2.75) is 25.7 Å². The number of hydrogen-bond acceptors (Lipinski definition) is 6. The number of amides is 1. The Kier molecular flexibility index (Phi) is 5.66. The number of benzene rings is 2. The first-order valence-corrected chi connectivity index (χ1v) is 9.97. The molecule has 1 aliphatic carbocycles. The van der Waals surface area contributed by atoms with E-state index >= 15 is 0 Å². The van der Waals surface area contributed by atoms with Gasteiger partial charge < -0.3 is 9.47 Å². The van der Waals surface area contributed by atoms with Gasteiger partial charge in [-0.05, 0) is 49.1 Å². The van der Waals surface area contributed by atoms with Crippen LogP contribution in [0, 0.1) is 6.92 Å². The van der Waals surface area contributed by atoms with Gasteiger partial charge in [-0.3, -0.25) is 14.9 Å². The molecule has 3 aromatic rings. The third-order valence-electron chi connectivity index (χ3n) is 5.46. The second kappa shape index (κ2) is 8.55. The van der Waals surface area contributed by atoms with Crippen molar-refractivity contribution in [1.82, 2.24) is 9.97 Å². The number of aryl methyl sites for hydroxylation is 1. The van der Waals surface area contributed by atoms with Gasteiger partial charge in [0.1, 0.15) is 0 Å². The molecule has 0 saturated heterocycles. The summed E-state index contributed by atoms with van der Waals surface area (Å²) in [6.45, 7) is 1.96. The molecule has 0 spiro atoms. The molecule has 31 heavy (non-hydrogen) atoms. The predicted molar refractivity (Wildman–Crippen MR) is 116 cm³/mol. The molecule has 0 bridgehead atoms. The Labute approximate surface area is 180 Å². The van der Waals surface area contributed by atoms with Crippen molar-refractivity contribution in [2.75, 3.05) is 19.5 Å². The highest BCUT2D eigenvalue weighted by Crippen LogP contribution is 2.36. The average Bonchev–Trinajstić information content (AvgIpc) is 2.78. The summed E-state index contributed by atoms with van der Waals surface area (Å²) in [6, 6.07) is 12.9. The molecule has 0 radical (unpaired) electrons. The molecular weight excluding hydrogens is 394 g/mol. The second-order valence-corrected chi connectivity index (χ2v) is 7.52. The van der Waals surface area contributed by atoms with E-state index in [9.17, 15) is 9.59 Å². The van der Waals surface area contributed by atoms with Crippen molar-refractivity contribution in [3.8, 4) is 11.5 Å². The van der Waals surface area contributed by atoms with Gasteiger partial charge in [0.05, 0.1) is 25.5 Å². The van der Waals surface area contributed by atoms with Gasteiger partial charge in [0, 0.05) is 18.2 Å². The van der Waals surface area contributed by atoms with Crippen LogP contribution in [0.1, 0.15) is 49.9 Å². The minimum absolute atomic E-state index is 0.0163. The first kappa shape index (κ1) is 20.5. The number of nitrogens with one attached hydrogen (secondary N) is 1. The Bertz CT molecular complexity index is 1140. The molecule has 7 heteroatoms. The summed E-state index contributed by atoms with van der Waals surface area (Å²) in [5.41, 5.74) is 3.70. The Hall–Kier alpha value is -3.74. The van der Waals surface area contributed by atoms with Gasteiger partial charge in [-0.1, -0.05) is 23.8 Å². The van der Waals surface area contributed by atoms with E-state index in [1.54, 1.807) is 26.4 Å². The number of carbonyl (C=O) groups excluding carboxylic acids is 2. The summed E-state index contributed by atoms with van der Waals surface area (Å²) in [5.74, 6) is 1.08. The summed E-state index contributed by atoms with van der Waals surface area (Å²) in [7, 11) is 3.17. The lowest BCUT2D eigenvalue weighted by Crippen LogP contribution is -2.22. The van der Waals surface area contributed by atoms with Crippen molar-refractivity contribution in [2.24, 2.45) is 0 Å². The van der Waals surface area contributed by atoms with Crippen LogP contribution in [0.15, 0.2) is 48.7 Å². The Balaban J connectivity index is 1.57. The highest BCUT2D eigenvalue weighted by molar-refractivity contribution is 6.03. The first-order valence-electron chi connectivity index (χ1n) is 9.97. The SMILES string of the molecule is COc1ccc(C2CC(=O)c3cnc(NC(=O)c4ccc(C)cc4)nc3C2)cc1OC. The molecule has 1 amide bonds. The monoisotopic (exact) mass is 417 g/mol. The predicted octanol–water partition coefficient (Wildman–Crippen LogP) is 3.97. The summed E-state index contributed by atoms with van der Waals surface area (Å²) >= 11 is 0. The van der Waals surface area contributed by atoms with Gasteiger partial charge >= 0.3 is 0 Å². The molecule has 2 aromatic carbocycles. The maximum absolute atomic E-state index is 12.7. The van der Waals surface area contributed by atoms with Gasteiger partial charge in [-0.15, -0.1) is 0 Å². The molecule has 1 heterocycles. The van der Waals surface area contributed by atoms with Crippen LogP contribution in [0.25, 0.3) is 0 Å². The van der Waals surface area contributed by atoms with Gasteiger partial charge in [0.25, 0.3) is 5.91 Å². The molecule has 1 atom stereocenters. The number of methoxy groups -OCH3 is 2. The summed E-state index contributed by atoms with van der Waals surface area (Å²) in [5, 5.41) is 2.72. The molecule has 158 valence electrons. The van der Waals surface area contributed by atoms with Crippen LogP contribution in [0.5, 0.6) is 11.5 Å². The lowest BCUT2D eigenvalue weighted by Gasteiger charge is -2.24. The minimum Gasteiger partial charge on any atom is -0.493 e. The molecule has 1 unspecified atom stereocenters. The zero-order valence-corrected chi connectivity index (χ0v) is 17.6. The molecule has 4 rings (SSSR count). The van der Waals surface area contributed by atoms with Crippen LogP contribution >= 0.6 is 0 Å². The quantitative estimate of drug-likeness (QED) is 0.676. The van der Waals surface area contributed by atoms with Crippen LogP contribution in [-0.2, 0) is 6.42 Å². The van der Waals surface area contributed by atoms with Crippen LogP contribution in [0.3, 0.4) is 0 Å². The van der Waals surface area contributed by atoms with Gasteiger partial charge in [0.15, 0.2) is 17.3 Å². The maximum Gasteiger partial charge on any atom is 0.258 e. The van der Waals surface area contributed by atoms with E-state index in [-0.39, 0.29) is 23.6 Å². The summed E-state index contributed by atoms with van der Waals surface area (Å²) in [6.07, 6.45) is 2.42. The van der Waals surface area contributed by atoms with Crippen molar-refractivity contribution in [1.29, 1.82) is 0 Å². The Morgan fingerprint density at radius 2 is 1.77 bits per heavy atom. The van der Waals surface area contributed by atoms with Crippen LogP contribution in [-0.4, -0.2) is 35.9 Å². The zero-order chi connectivity index (χ0) is 22.0. The lowest BCUT2D eigenvalue weighted by molar-refractivity contribution is 0.0962. The minimum atomic E-state index is -0.293. The van der Waals surface area contributed by atoms with Crippen molar-refractivity contribution < 1.29 is 19.1 Å². The zero-order valence-electron chi connectivity index (χ0n) is 17.6. The fourth-order valence-corrected chi connectivity index (χ4v) is 3.73. The maximum atomic E-state index is 12.7. The number of fused-ring (bicyclic) bond motifs is 1. The van der Waals surface area contributed by atoms with E-state index in [1.807, 2.05) is 37.3 Å². The van der Waals surface area contributed by atoms with E-state index in [2.05, 4.69) is 15.3 Å². The first-order chi connectivity index (χ1) is 15.0. The highest BCUT2D eigenvalue weighted by atomic mass is 16.5. The number of carbonyl (C=O) groups is 2. The molecule has 0 saturated carbocycles. The number of nitrogens with zero attached hydrogens (tertiary/aromatic N) is 2. The van der Waals surface area contributed by atoms with Gasteiger partial charge in [-0.2, -0.15) is 0 Å². The lowest BCUT2D eigenvalue weighted by atomic mass is 9.82. The van der Waals surface area contributed by atoms with Gasteiger partial charge in [0.2, 0.25) is 5.95 Å². The van der Waals surface area contributed by atoms with Crippen LogP contribution < -0.4 is 14.8 Å². The summed E-state index contributed by atoms with van der Waals surface area (Å²) in [4.78, 5) is 33.9. The van der Waals surface area contributed by atoms with E-state index in [1.165, 1.54) is 6.20 Å². The molecule has 1 N–H and O–H groups in total. The smallest absolute Gasteiger partial charge is 0.258 e. The standard InChI is InChI=1S/C24H23N3O4/c1-14-4-6-15(7-5-14)23(29)27-24-25-13-18-19(26-24)10-17(11-20(18)28)16-8-9-21(30-2)22(12-16)31-3/h4-9,12-13,17H,10-11H2,1-3H3,(H,25,26,27,29). The van der Waals surface area contributed by atoms with E-state index in [4.69, 9.17) is 9.47 Å². The van der Waals surface area contributed by atoms with Crippen LogP contribution in [0.2, 0.25) is 0 Å². The molecule has 1 aromatic heterocycles. The van der Waals surface area contributed by atoms with Crippen LogP contribution in [0.4, 0.5) is 5.95 Å². The third kappa shape index (κ3) is 4.26. The van der Waals surface area contributed by atoms with E-state index < -0.39 is 0 Å². The summed E-state index contributed by atoms with van der Waals surface area (Å²) < 4.78 is 10.7. The Morgan fingerprint density at radius 1 is 1.03 bits per heavy atom. The number of ether oxygens (including phenoxy) is 2. The topological polar surface area (TPSA) is 90.4 Å². The highest BCUT2D eigenvalue weighted by Gasteiger charge is 2.29. The normalized spacial score (nSPS) is 15.2.